The van der Waals surface area contributed by atoms with Crippen molar-refractivity contribution in [1.29, 1.82) is 5.26 Å². The normalized spacial score (nSPS) is 25.4. The molecule has 2 saturated heterocycles. The number of piperidine rings is 1. The maximum atomic E-state index is 13.3. The van der Waals surface area contributed by atoms with Gasteiger partial charge < -0.3 is 29.7 Å². The van der Waals surface area contributed by atoms with Gasteiger partial charge in [0.1, 0.15) is 18.2 Å². The number of nitrogens with one attached hydrogen (secondary N) is 1. The van der Waals surface area contributed by atoms with E-state index in [4.69, 9.17) is 9.47 Å². The molecule has 2 aliphatic heterocycles. The molecule has 4 atom stereocenters. The number of benzene rings is 1. The van der Waals surface area contributed by atoms with Crippen LogP contribution in [0.5, 0.6) is 0 Å². The number of carbonyl (C=O) groups is 2. The Morgan fingerprint density at radius 2 is 2.03 bits per heavy atom. The molecule has 10 heteroatoms. The lowest BCUT2D eigenvalue weighted by Gasteiger charge is -2.32. The van der Waals surface area contributed by atoms with Crippen LogP contribution in [0, 0.1) is 35.5 Å². The molecule has 192 valence electrons. The molecule has 2 amide bonds. The predicted molar refractivity (Wildman–Crippen MR) is 132 cm³/mol. The van der Waals surface area contributed by atoms with Crippen molar-refractivity contribution in [3.63, 3.8) is 0 Å². The largest absolute Gasteiger partial charge is 0.475 e. The zero-order valence-electron chi connectivity index (χ0n) is 20.9. The third-order valence-electron chi connectivity index (χ3n) is 7.67. The lowest BCUT2D eigenvalue weighted by atomic mass is 9.76. The van der Waals surface area contributed by atoms with E-state index in [9.17, 15) is 24.9 Å². The van der Waals surface area contributed by atoms with Crippen molar-refractivity contribution in [2.75, 3.05) is 26.4 Å². The summed E-state index contributed by atoms with van der Waals surface area (Å²) >= 11 is 0. The van der Waals surface area contributed by atoms with Crippen LogP contribution in [0.3, 0.4) is 0 Å². The highest BCUT2D eigenvalue weighted by atomic mass is 16.5. The van der Waals surface area contributed by atoms with Crippen LogP contribution in [0.25, 0.3) is 0 Å². The first-order chi connectivity index (χ1) is 17.2. The molecule has 1 saturated carbocycles. The number of likely N-dealkylation sites (tertiary alicyclic amines) is 1. The molecule has 0 radical (unpaired) electrons. The molecule has 0 bridgehead atoms. The fraction of sp³-hybridized carbons (Fsp3) is 0.577. The van der Waals surface area contributed by atoms with E-state index >= 15 is 0 Å². The first-order valence-electron chi connectivity index (χ1n) is 12.6. The second-order valence-corrected chi connectivity index (χ2v) is 10.6. The van der Waals surface area contributed by atoms with Gasteiger partial charge in [-0.25, -0.2) is 4.79 Å². The van der Waals surface area contributed by atoms with Crippen LogP contribution in [-0.4, -0.2) is 72.4 Å². The predicted octanol–water partition coefficient (Wildman–Crippen LogP) is 1.76. The topological polar surface area (TPSA) is 132 Å². The molecule has 3 aliphatic rings. The summed E-state index contributed by atoms with van der Waals surface area (Å²) < 4.78 is 10.9. The quantitative estimate of drug-likeness (QED) is 0.285. The highest BCUT2D eigenvalue weighted by Gasteiger charge is 2.54. The fourth-order valence-corrected chi connectivity index (χ4v) is 5.21. The van der Waals surface area contributed by atoms with Gasteiger partial charge in [-0.3, -0.25) is 4.79 Å². The minimum Gasteiger partial charge on any atom is -0.447 e. The molecule has 3 N–H and O–H groups in total. The number of hydrogen-bond donors (Lipinski definition) is 3. The van der Waals surface area contributed by atoms with Crippen LogP contribution in [0.4, 0.5) is 4.79 Å². The number of carbonyl (C=O) groups excluding carboxylic acids is 2. The average molecular weight is 495 g/mol. The molecule has 3 fully saturated rings. The monoisotopic (exact) mass is 495 g/mol. The van der Waals surface area contributed by atoms with E-state index < -0.39 is 19.2 Å². The molecule has 1 aromatic carbocycles. The van der Waals surface area contributed by atoms with E-state index in [1.807, 2.05) is 38.1 Å². The number of nitrogens with zero attached hydrogens (tertiary/aromatic N) is 2. The van der Waals surface area contributed by atoms with Gasteiger partial charge in [0.05, 0.1) is 12.0 Å². The summed E-state index contributed by atoms with van der Waals surface area (Å²) in [6, 6.07) is 9.35. The van der Waals surface area contributed by atoms with Crippen molar-refractivity contribution in [3.05, 3.63) is 47.0 Å². The zero-order chi connectivity index (χ0) is 25.9. The van der Waals surface area contributed by atoms with Gasteiger partial charge in [-0.05, 0) is 55.4 Å². The van der Waals surface area contributed by atoms with Crippen LogP contribution in [-0.2, 0) is 20.7 Å². The van der Waals surface area contributed by atoms with E-state index in [1.165, 1.54) is 0 Å². The highest BCUT2D eigenvalue weighted by Crippen LogP contribution is 2.50. The van der Waals surface area contributed by atoms with Crippen LogP contribution in [0.1, 0.15) is 37.3 Å². The summed E-state index contributed by atoms with van der Waals surface area (Å²) in [4.78, 5) is 27.5. The van der Waals surface area contributed by atoms with Gasteiger partial charge in [-0.2, -0.15) is 5.26 Å². The average Bonchev–Trinajstić information content (AvgIpc) is 3.53. The Morgan fingerprint density at radius 3 is 2.67 bits per heavy atom. The van der Waals surface area contributed by atoms with Crippen LogP contribution < -0.4 is 5.32 Å². The molecule has 36 heavy (non-hydrogen) atoms. The number of fused-ring (bicyclic) bond motifs is 1. The molecular weight excluding hydrogens is 461 g/mol. The third-order valence-corrected chi connectivity index (χ3v) is 7.67. The Hall–Kier alpha value is -2.87. The molecule has 1 aromatic rings. The van der Waals surface area contributed by atoms with Crippen LogP contribution in [0.15, 0.2) is 35.9 Å². The van der Waals surface area contributed by atoms with E-state index in [2.05, 4.69) is 11.4 Å². The van der Waals surface area contributed by atoms with E-state index in [0.29, 0.717) is 25.7 Å². The van der Waals surface area contributed by atoms with Crippen molar-refractivity contribution in [1.82, 2.24) is 10.2 Å². The molecule has 0 spiro atoms. The number of alkyl carbamates (subject to hydrolysis) is 1. The van der Waals surface area contributed by atoms with Gasteiger partial charge in [-0.1, -0.05) is 42.8 Å². The maximum Gasteiger partial charge on any atom is 0.475 e. The van der Waals surface area contributed by atoms with Crippen molar-refractivity contribution < 1.29 is 29.1 Å². The lowest BCUT2D eigenvalue weighted by molar-refractivity contribution is -0.129. The number of rotatable bonds is 8. The Balaban J connectivity index is 1.36. The first-order valence-corrected chi connectivity index (χ1v) is 12.6. The fourth-order valence-electron chi connectivity index (χ4n) is 5.21. The SMILES string of the molecule is Cc1ccc(C[C@H](NC(=O)OC[C@H]2[C@H]3C[C@H]3CN2C(=O)C(C#N)=CC2(C)CCOCC2)B(O)O)cc1. The zero-order valence-corrected chi connectivity index (χ0v) is 20.9. The molecular formula is C26H34BN3O6. The Kier molecular flexibility index (Phi) is 8.03. The van der Waals surface area contributed by atoms with Gasteiger partial charge >= 0.3 is 13.2 Å². The van der Waals surface area contributed by atoms with E-state index in [1.54, 1.807) is 11.0 Å². The van der Waals surface area contributed by atoms with E-state index in [0.717, 1.165) is 30.4 Å². The minimum atomic E-state index is -1.76. The minimum absolute atomic E-state index is 0.0126. The second-order valence-electron chi connectivity index (χ2n) is 10.6. The van der Waals surface area contributed by atoms with Crippen molar-refractivity contribution in [3.8, 4) is 6.07 Å². The summed E-state index contributed by atoms with van der Waals surface area (Å²) in [5.41, 5.74) is 1.79. The molecule has 0 unspecified atom stereocenters. The highest BCUT2D eigenvalue weighted by molar-refractivity contribution is 6.43. The van der Waals surface area contributed by atoms with Gasteiger partial charge in [0.25, 0.3) is 5.91 Å². The number of nitriles is 1. The molecule has 4 rings (SSSR count). The second kappa shape index (κ2) is 11.0. The summed E-state index contributed by atoms with van der Waals surface area (Å²) in [5, 5.41) is 31.8. The van der Waals surface area contributed by atoms with E-state index in [-0.39, 0.29) is 41.9 Å². The molecule has 0 aromatic heterocycles. The lowest BCUT2D eigenvalue weighted by Crippen LogP contribution is -2.49. The van der Waals surface area contributed by atoms with Gasteiger partial charge in [0.15, 0.2) is 0 Å². The standard InChI is InChI=1S/C26H34BN3O6/c1-17-3-5-18(6-4-17)11-23(27(33)34)29-25(32)36-16-22-21-12-19(21)15-30(22)24(31)20(14-28)13-26(2)7-9-35-10-8-26/h3-6,13,19,21-23,33-34H,7-12,15-16H2,1-2H3,(H,29,32)/t19-,21-,22-,23-/m0/s1. The van der Waals surface area contributed by atoms with Crippen LogP contribution in [0.2, 0.25) is 0 Å². The summed E-state index contributed by atoms with van der Waals surface area (Å²) in [6.07, 6.45) is 3.71. The first kappa shape index (κ1) is 26.2. The Bertz CT molecular complexity index is 1030. The Morgan fingerprint density at radius 1 is 1.33 bits per heavy atom. The van der Waals surface area contributed by atoms with Gasteiger partial charge in [0, 0.05) is 19.8 Å². The number of ether oxygens (including phenoxy) is 2. The third kappa shape index (κ3) is 6.27. The number of aryl methyl sites for hydroxylation is 1. The maximum absolute atomic E-state index is 13.3. The summed E-state index contributed by atoms with van der Waals surface area (Å²) in [7, 11) is -1.76. The van der Waals surface area contributed by atoms with Crippen molar-refractivity contribution in [2.45, 2.75) is 51.5 Å². The van der Waals surface area contributed by atoms with Crippen molar-refractivity contribution >= 4 is 19.1 Å². The van der Waals surface area contributed by atoms with Crippen LogP contribution >= 0.6 is 0 Å². The smallest absolute Gasteiger partial charge is 0.447 e. The van der Waals surface area contributed by atoms with Gasteiger partial charge in [-0.15, -0.1) is 0 Å². The number of allylic oxidation sites excluding steroid dienone is 1. The Labute approximate surface area is 212 Å². The summed E-state index contributed by atoms with van der Waals surface area (Å²) in [5.74, 6) is -0.664. The van der Waals surface area contributed by atoms with Crippen molar-refractivity contribution in [2.24, 2.45) is 17.3 Å². The number of amides is 2. The molecule has 2 heterocycles. The van der Waals surface area contributed by atoms with Gasteiger partial charge in [0.2, 0.25) is 0 Å². The number of hydrogen-bond acceptors (Lipinski definition) is 7. The molecule has 1 aliphatic carbocycles. The molecule has 9 nitrogen and oxygen atoms in total. The summed E-state index contributed by atoms with van der Waals surface area (Å²) in [6.45, 7) is 5.74.